The van der Waals surface area contributed by atoms with Crippen molar-refractivity contribution in [2.45, 2.75) is 31.0 Å². The van der Waals surface area contributed by atoms with E-state index >= 15 is 0 Å². The zero-order valence-corrected chi connectivity index (χ0v) is 8.58. The highest BCUT2D eigenvalue weighted by molar-refractivity contribution is 7.89. The molecule has 2 rings (SSSR count). The number of nitrogens with one attached hydrogen (secondary N) is 1. The van der Waals surface area contributed by atoms with Crippen LogP contribution in [0.25, 0.3) is 0 Å². The number of aromatic nitrogens is 2. The van der Waals surface area contributed by atoms with Crippen LogP contribution < -0.4 is 4.72 Å². The Bertz CT molecular complexity index is 440. The highest BCUT2D eigenvalue weighted by atomic mass is 32.2. The van der Waals surface area contributed by atoms with Gasteiger partial charge in [0.05, 0.1) is 0 Å². The van der Waals surface area contributed by atoms with Crippen LogP contribution in [0, 0.1) is 6.92 Å². The van der Waals surface area contributed by atoms with Crippen LogP contribution in [-0.4, -0.2) is 24.4 Å². The molecule has 0 atom stereocenters. The minimum absolute atomic E-state index is 0.0871. The van der Waals surface area contributed by atoms with Crippen LogP contribution in [0.5, 0.6) is 0 Å². The van der Waals surface area contributed by atoms with Gasteiger partial charge in [-0.2, -0.15) is 0 Å². The van der Waals surface area contributed by atoms with Crippen LogP contribution in [0.2, 0.25) is 0 Å². The van der Waals surface area contributed by atoms with Crippen molar-refractivity contribution in [3.8, 4) is 0 Å². The van der Waals surface area contributed by atoms with Crippen molar-refractivity contribution in [2.24, 2.45) is 0 Å². The molecule has 1 aliphatic rings. The zero-order valence-electron chi connectivity index (χ0n) is 7.77. The molecule has 0 aromatic carbocycles. The molecule has 14 heavy (non-hydrogen) atoms. The molecular formula is C8H11N3O2S. The van der Waals surface area contributed by atoms with Gasteiger partial charge in [-0.1, -0.05) is 0 Å². The molecule has 1 N–H and O–H groups in total. The number of aryl methyl sites for hydroxylation is 1. The van der Waals surface area contributed by atoms with Crippen molar-refractivity contribution in [1.82, 2.24) is 14.7 Å². The second-order valence-electron chi connectivity index (χ2n) is 3.38. The van der Waals surface area contributed by atoms with Crippen LogP contribution >= 0.6 is 0 Å². The second-order valence-corrected chi connectivity index (χ2v) is 4.98. The first-order chi connectivity index (χ1) is 6.58. The van der Waals surface area contributed by atoms with Crippen LogP contribution in [0.15, 0.2) is 17.4 Å². The first-order valence-electron chi connectivity index (χ1n) is 4.40. The average molecular weight is 213 g/mol. The maximum atomic E-state index is 11.6. The summed E-state index contributed by atoms with van der Waals surface area (Å²) >= 11 is 0. The molecule has 1 saturated carbocycles. The fraction of sp³-hybridized carbons (Fsp3) is 0.500. The van der Waals surface area contributed by atoms with E-state index in [0.717, 1.165) is 12.8 Å². The lowest BCUT2D eigenvalue weighted by atomic mass is 10.5. The molecule has 1 aromatic heterocycles. The van der Waals surface area contributed by atoms with Crippen LogP contribution in [-0.2, 0) is 10.0 Å². The van der Waals surface area contributed by atoms with E-state index in [1.54, 1.807) is 13.0 Å². The predicted octanol–water partition coefficient (Wildman–Crippen LogP) is 0.226. The van der Waals surface area contributed by atoms with Crippen LogP contribution in [0.1, 0.15) is 18.5 Å². The Morgan fingerprint density at radius 3 is 2.79 bits per heavy atom. The lowest BCUT2D eigenvalue weighted by Crippen LogP contribution is -2.27. The molecule has 0 unspecified atom stereocenters. The summed E-state index contributed by atoms with van der Waals surface area (Å²) in [5.74, 6) is 0. The second kappa shape index (κ2) is 3.29. The Morgan fingerprint density at radius 2 is 2.21 bits per heavy atom. The van der Waals surface area contributed by atoms with Gasteiger partial charge in [0.25, 0.3) is 15.2 Å². The van der Waals surface area contributed by atoms with Gasteiger partial charge in [-0.15, -0.1) is 0 Å². The maximum Gasteiger partial charge on any atom is 0.276 e. The van der Waals surface area contributed by atoms with Gasteiger partial charge in [-0.3, -0.25) is 0 Å². The molecular weight excluding hydrogens is 202 g/mol. The third kappa shape index (κ3) is 2.08. The Balaban J connectivity index is 2.28. The molecule has 0 amide bonds. The molecule has 1 aliphatic carbocycles. The Kier molecular flexibility index (Phi) is 2.24. The fourth-order valence-corrected chi connectivity index (χ4v) is 2.27. The van der Waals surface area contributed by atoms with Crippen LogP contribution in [0.3, 0.4) is 0 Å². The van der Waals surface area contributed by atoms with Crippen molar-refractivity contribution < 1.29 is 8.42 Å². The zero-order chi connectivity index (χ0) is 10.2. The lowest BCUT2D eigenvalue weighted by Gasteiger charge is -2.03. The molecule has 1 heterocycles. The summed E-state index contributed by atoms with van der Waals surface area (Å²) in [6, 6.07) is 1.75. The van der Waals surface area contributed by atoms with Gasteiger partial charge in [0.15, 0.2) is 0 Å². The topological polar surface area (TPSA) is 72.0 Å². The third-order valence-corrected chi connectivity index (χ3v) is 3.23. The third-order valence-electron chi connectivity index (χ3n) is 1.91. The first kappa shape index (κ1) is 9.54. The molecule has 0 aliphatic heterocycles. The molecule has 1 aromatic rings. The summed E-state index contributed by atoms with van der Waals surface area (Å²) in [5, 5.41) is -0.135. The Labute approximate surface area is 82.6 Å². The summed E-state index contributed by atoms with van der Waals surface area (Å²) in [6.45, 7) is 1.73. The number of sulfonamides is 1. The van der Waals surface area contributed by atoms with Gasteiger partial charge in [0.2, 0.25) is 0 Å². The molecule has 5 nitrogen and oxygen atoms in total. The minimum Gasteiger partial charge on any atom is -0.226 e. The summed E-state index contributed by atoms with van der Waals surface area (Å²) < 4.78 is 25.7. The molecule has 76 valence electrons. The van der Waals surface area contributed by atoms with E-state index in [9.17, 15) is 8.42 Å². The quantitative estimate of drug-likeness (QED) is 0.729. The van der Waals surface area contributed by atoms with Gasteiger partial charge in [-0.05, 0) is 25.8 Å². The summed E-state index contributed by atoms with van der Waals surface area (Å²) in [4.78, 5) is 7.59. The van der Waals surface area contributed by atoms with E-state index in [-0.39, 0.29) is 11.2 Å². The smallest absolute Gasteiger partial charge is 0.226 e. The molecule has 0 saturated heterocycles. The predicted molar refractivity (Wildman–Crippen MR) is 50.1 cm³/mol. The Morgan fingerprint density at radius 1 is 1.50 bits per heavy atom. The molecule has 0 bridgehead atoms. The number of hydrogen-bond acceptors (Lipinski definition) is 4. The highest BCUT2D eigenvalue weighted by Gasteiger charge is 2.29. The van der Waals surface area contributed by atoms with Gasteiger partial charge in [0, 0.05) is 17.9 Å². The maximum absolute atomic E-state index is 11.6. The van der Waals surface area contributed by atoms with Crippen molar-refractivity contribution in [3.05, 3.63) is 18.0 Å². The van der Waals surface area contributed by atoms with Crippen molar-refractivity contribution in [1.29, 1.82) is 0 Å². The average Bonchev–Trinajstić information content (AvgIpc) is 2.87. The van der Waals surface area contributed by atoms with Crippen molar-refractivity contribution >= 4 is 10.0 Å². The minimum atomic E-state index is -3.49. The first-order valence-corrected chi connectivity index (χ1v) is 5.88. The van der Waals surface area contributed by atoms with E-state index in [2.05, 4.69) is 14.7 Å². The van der Waals surface area contributed by atoms with Gasteiger partial charge in [0.1, 0.15) is 0 Å². The molecule has 0 spiro atoms. The summed E-state index contributed by atoms with van der Waals surface area (Å²) in [6.07, 6.45) is 3.26. The van der Waals surface area contributed by atoms with Crippen molar-refractivity contribution in [3.63, 3.8) is 0 Å². The van der Waals surface area contributed by atoms with Crippen molar-refractivity contribution in [2.75, 3.05) is 0 Å². The number of nitrogens with zero attached hydrogens (tertiary/aromatic N) is 2. The van der Waals surface area contributed by atoms with E-state index in [0.29, 0.717) is 5.69 Å². The van der Waals surface area contributed by atoms with E-state index in [1.807, 2.05) is 0 Å². The van der Waals surface area contributed by atoms with Gasteiger partial charge >= 0.3 is 0 Å². The largest absolute Gasteiger partial charge is 0.276 e. The number of hydrogen-bond donors (Lipinski definition) is 1. The fourth-order valence-electron chi connectivity index (χ4n) is 1.03. The monoisotopic (exact) mass is 213 g/mol. The molecule has 6 heteroatoms. The normalized spacial score (nSPS) is 16.9. The van der Waals surface area contributed by atoms with E-state index in [4.69, 9.17) is 0 Å². The summed E-state index contributed by atoms with van der Waals surface area (Å²) in [5.41, 5.74) is 0.649. The van der Waals surface area contributed by atoms with Gasteiger partial charge in [-0.25, -0.2) is 23.1 Å². The molecule has 0 radical (unpaired) electrons. The van der Waals surface area contributed by atoms with E-state index in [1.165, 1.54) is 6.20 Å². The lowest BCUT2D eigenvalue weighted by molar-refractivity contribution is 0.571. The SMILES string of the molecule is Cc1ccnc(S(=O)(=O)NC2CC2)n1. The molecule has 1 fully saturated rings. The van der Waals surface area contributed by atoms with Gasteiger partial charge < -0.3 is 0 Å². The standard InChI is InChI=1S/C8H11N3O2S/c1-6-4-5-9-8(10-6)14(12,13)11-7-2-3-7/h4-5,7,11H,2-3H2,1H3. The summed E-state index contributed by atoms with van der Waals surface area (Å²) in [7, 11) is -3.49. The van der Waals surface area contributed by atoms with E-state index < -0.39 is 10.0 Å². The number of rotatable bonds is 3. The van der Waals surface area contributed by atoms with Crippen LogP contribution in [0.4, 0.5) is 0 Å². The Hall–Kier alpha value is -1.01. The highest BCUT2D eigenvalue weighted by Crippen LogP contribution is 2.20.